The van der Waals surface area contributed by atoms with E-state index in [9.17, 15) is 4.39 Å². The standard InChI is InChI=1S/C10H11FN2/c1-12-6-9-5-7-4-8(11)2-3-10(7)13-9/h2-5,12-13H,6H2,1H3. The predicted octanol–water partition coefficient (Wildman–Crippen LogP) is 2.03. The Hall–Kier alpha value is -1.35. The molecule has 0 aliphatic rings. The van der Waals surface area contributed by atoms with E-state index in [1.807, 2.05) is 13.1 Å². The summed E-state index contributed by atoms with van der Waals surface area (Å²) in [7, 11) is 1.88. The molecule has 0 bridgehead atoms. The fourth-order valence-electron chi connectivity index (χ4n) is 1.45. The lowest BCUT2D eigenvalue weighted by molar-refractivity contribution is 0.630. The Kier molecular flexibility index (Phi) is 2.02. The molecule has 2 rings (SSSR count). The maximum absolute atomic E-state index is 12.8. The zero-order valence-electron chi connectivity index (χ0n) is 7.39. The summed E-state index contributed by atoms with van der Waals surface area (Å²) in [5, 5.41) is 3.96. The van der Waals surface area contributed by atoms with Crippen molar-refractivity contribution >= 4 is 10.9 Å². The van der Waals surface area contributed by atoms with E-state index >= 15 is 0 Å². The van der Waals surface area contributed by atoms with Gasteiger partial charge in [0.15, 0.2) is 0 Å². The van der Waals surface area contributed by atoms with Gasteiger partial charge in [-0.15, -0.1) is 0 Å². The van der Waals surface area contributed by atoms with Crippen LogP contribution in [0.3, 0.4) is 0 Å². The number of aromatic nitrogens is 1. The summed E-state index contributed by atoms with van der Waals surface area (Å²) in [5.41, 5.74) is 2.05. The molecule has 0 amide bonds. The minimum absolute atomic E-state index is 0.192. The van der Waals surface area contributed by atoms with Crippen LogP contribution in [-0.4, -0.2) is 12.0 Å². The number of nitrogens with one attached hydrogen (secondary N) is 2. The molecule has 1 heterocycles. The summed E-state index contributed by atoms with van der Waals surface area (Å²) in [6.45, 7) is 0.774. The highest BCUT2D eigenvalue weighted by Crippen LogP contribution is 2.16. The molecule has 0 radical (unpaired) electrons. The highest BCUT2D eigenvalue weighted by Gasteiger charge is 2.00. The molecule has 0 saturated heterocycles. The molecule has 0 spiro atoms. The maximum atomic E-state index is 12.8. The van der Waals surface area contributed by atoms with Crippen LogP contribution in [0.25, 0.3) is 10.9 Å². The number of fused-ring (bicyclic) bond motifs is 1. The molecular formula is C10H11FN2. The van der Waals surface area contributed by atoms with Crippen LogP contribution in [0.4, 0.5) is 4.39 Å². The van der Waals surface area contributed by atoms with Gasteiger partial charge in [-0.25, -0.2) is 4.39 Å². The minimum Gasteiger partial charge on any atom is -0.357 e. The van der Waals surface area contributed by atoms with Gasteiger partial charge in [0.1, 0.15) is 5.82 Å². The molecule has 13 heavy (non-hydrogen) atoms. The number of halogens is 1. The van der Waals surface area contributed by atoms with Gasteiger partial charge in [-0.3, -0.25) is 0 Å². The van der Waals surface area contributed by atoms with Crippen LogP contribution in [0, 0.1) is 5.82 Å². The topological polar surface area (TPSA) is 27.8 Å². The smallest absolute Gasteiger partial charge is 0.123 e. The molecule has 0 fully saturated rings. The molecular weight excluding hydrogens is 167 g/mol. The van der Waals surface area contributed by atoms with Gasteiger partial charge in [0, 0.05) is 23.1 Å². The molecule has 2 nitrogen and oxygen atoms in total. The van der Waals surface area contributed by atoms with E-state index in [-0.39, 0.29) is 5.82 Å². The van der Waals surface area contributed by atoms with Crippen LogP contribution >= 0.6 is 0 Å². The lowest BCUT2D eigenvalue weighted by atomic mass is 10.2. The molecule has 1 aromatic carbocycles. The van der Waals surface area contributed by atoms with Crippen LogP contribution in [-0.2, 0) is 6.54 Å². The lowest BCUT2D eigenvalue weighted by Gasteiger charge is -1.91. The molecule has 2 N–H and O–H groups in total. The number of H-pyrrole nitrogens is 1. The van der Waals surface area contributed by atoms with Crippen molar-refractivity contribution in [1.82, 2.24) is 10.3 Å². The van der Waals surface area contributed by atoms with E-state index in [2.05, 4.69) is 10.3 Å². The Morgan fingerprint density at radius 2 is 2.23 bits per heavy atom. The highest BCUT2D eigenvalue weighted by molar-refractivity contribution is 5.80. The number of rotatable bonds is 2. The van der Waals surface area contributed by atoms with Gasteiger partial charge in [0.2, 0.25) is 0 Å². The minimum atomic E-state index is -0.192. The average molecular weight is 178 g/mol. The summed E-state index contributed by atoms with van der Waals surface area (Å²) in [4.78, 5) is 3.19. The first-order chi connectivity index (χ1) is 6.29. The molecule has 0 saturated carbocycles. The average Bonchev–Trinajstić information content (AvgIpc) is 2.46. The molecule has 68 valence electrons. The van der Waals surface area contributed by atoms with Crippen molar-refractivity contribution < 1.29 is 4.39 Å². The first kappa shape index (κ1) is 8.26. The third kappa shape index (κ3) is 1.55. The van der Waals surface area contributed by atoms with Crippen molar-refractivity contribution in [2.45, 2.75) is 6.54 Å². The van der Waals surface area contributed by atoms with E-state index < -0.39 is 0 Å². The van der Waals surface area contributed by atoms with Crippen LogP contribution in [0.2, 0.25) is 0 Å². The predicted molar refractivity (Wildman–Crippen MR) is 51.0 cm³/mol. The third-order valence-corrected chi connectivity index (χ3v) is 2.01. The largest absolute Gasteiger partial charge is 0.357 e. The van der Waals surface area contributed by atoms with Gasteiger partial charge in [-0.2, -0.15) is 0 Å². The van der Waals surface area contributed by atoms with E-state index in [1.165, 1.54) is 12.1 Å². The fourth-order valence-corrected chi connectivity index (χ4v) is 1.45. The molecule has 0 aliphatic heterocycles. The number of hydrogen-bond donors (Lipinski definition) is 2. The Bertz CT molecular complexity index is 420. The highest BCUT2D eigenvalue weighted by atomic mass is 19.1. The van der Waals surface area contributed by atoms with Crippen molar-refractivity contribution in [3.05, 3.63) is 35.8 Å². The van der Waals surface area contributed by atoms with Crippen LogP contribution in [0.15, 0.2) is 24.3 Å². The Labute approximate surface area is 75.8 Å². The lowest BCUT2D eigenvalue weighted by Crippen LogP contribution is -2.04. The summed E-state index contributed by atoms with van der Waals surface area (Å²) in [6.07, 6.45) is 0. The van der Waals surface area contributed by atoms with E-state index in [0.717, 1.165) is 23.1 Å². The number of benzene rings is 1. The Morgan fingerprint density at radius 3 is 3.00 bits per heavy atom. The van der Waals surface area contributed by atoms with Gasteiger partial charge in [0.05, 0.1) is 0 Å². The quantitative estimate of drug-likeness (QED) is 0.723. The van der Waals surface area contributed by atoms with Gasteiger partial charge in [0.25, 0.3) is 0 Å². The molecule has 0 aliphatic carbocycles. The number of aromatic amines is 1. The molecule has 2 aromatic rings. The summed E-state index contributed by atoms with van der Waals surface area (Å²) >= 11 is 0. The van der Waals surface area contributed by atoms with Crippen molar-refractivity contribution in [3.8, 4) is 0 Å². The van der Waals surface area contributed by atoms with Crippen molar-refractivity contribution in [1.29, 1.82) is 0 Å². The normalized spacial score (nSPS) is 10.9. The molecule has 1 aromatic heterocycles. The first-order valence-corrected chi connectivity index (χ1v) is 4.21. The number of hydrogen-bond acceptors (Lipinski definition) is 1. The SMILES string of the molecule is CNCc1cc2cc(F)ccc2[nH]1. The summed E-state index contributed by atoms with van der Waals surface area (Å²) < 4.78 is 12.8. The monoisotopic (exact) mass is 178 g/mol. The molecule has 3 heteroatoms. The second kappa shape index (κ2) is 3.18. The van der Waals surface area contributed by atoms with Crippen LogP contribution in [0.1, 0.15) is 5.69 Å². The molecule has 0 unspecified atom stereocenters. The first-order valence-electron chi connectivity index (χ1n) is 4.21. The summed E-state index contributed by atoms with van der Waals surface area (Å²) in [5.74, 6) is -0.192. The zero-order valence-corrected chi connectivity index (χ0v) is 7.39. The zero-order chi connectivity index (χ0) is 9.26. The van der Waals surface area contributed by atoms with Crippen molar-refractivity contribution in [2.75, 3.05) is 7.05 Å². The van der Waals surface area contributed by atoms with Crippen LogP contribution < -0.4 is 5.32 Å². The van der Waals surface area contributed by atoms with E-state index in [0.29, 0.717) is 0 Å². The van der Waals surface area contributed by atoms with E-state index in [1.54, 1.807) is 6.07 Å². The van der Waals surface area contributed by atoms with Gasteiger partial charge in [-0.1, -0.05) is 0 Å². The van der Waals surface area contributed by atoms with Gasteiger partial charge in [-0.05, 0) is 31.3 Å². The second-order valence-corrected chi connectivity index (χ2v) is 3.06. The van der Waals surface area contributed by atoms with Crippen molar-refractivity contribution in [2.24, 2.45) is 0 Å². The Morgan fingerprint density at radius 1 is 1.38 bits per heavy atom. The summed E-state index contributed by atoms with van der Waals surface area (Å²) in [6, 6.07) is 6.70. The van der Waals surface area contributed by atoms with Crippen LogP contribution in [0.5, 0.6) is 0 Å². The van der Waals surface area contributed by atoms with E-state index in [4.69, 9.17) is 0 Å². The maximum Gasteiger partial charge on any atom is 0.123 e. The third-order valence-electron chi connectivity index (χ3n) is 2.01. The van der Waals surface area contributed by atoms with Gasteiger partial charge >= 0.3 is 0 Å². The van der Waals surface area contributed by atoms with Gasteiger partial charge < -0.3 is 10.3 Å². The second-order valence-electron chi connectivity index (χ2n) is 3.06. The molecule has 0 atom stereocenters. The Balaban J connectivity index is 2.49. The van der Waals surface area contributed by atoms with Crippen molar-refractivity contribution in [3.63, 3.8) is 0 Å². The fraction of sp³-hybridized carbons (Fsp3) is 0.200.